The molecule has 112 valence electrons. The standard InChI is InChI=1S/C16H18ClFN2S/c1-2-19-9-10-4-3-5-14-15(10)20-16(21-14)12-7-6-11(18)8-13(12)17/h6-8,10,19H,2-5,9H2,1H3. The van der Waals surface area contributed by atoms with Crippen LogP contribution in [-0.2, 0) is 6.42 Å². The molecule has 0 radical (unpaired) electrons. The number of hydrogen-bond acceptors (Lipinski definition) is 3. The van der Waals surface area contributed by atoms with Gasteiger partial charge in [-0.2, -0.15) is 0 Å². The first kappa shape index (κ1) is 14.9. The van der Waals surface area contributed by atoms with E-state index in [2.05, 4.69) is 12.2 Å². The number of benzene rings is 1. The summed E-state index contributed by atoms with van der Waals surface area (Å²) in [4.78, 5) is 6.18. The molecule has 0 saturated heterocycles. The van der Waals surface area contributed by atoms with Crippen LogP contribution in [0.25, 0.3) is 10.6 Å². The van der Waals surface area contributed by atoms with Crippen molar-refractivity contribution in [3.8, 4) is 10.6 Å². The summed E-state index contributed by atoms with van der Waals surface area (Å²) in [5.41, 5.74) is 2.04. The first-order valence-electron chi connectivity index (χ1n) is 7.34. The number of halogens is 2. The molecule has 1 aliphatic rings. The molecule has 1 aliphatic carbocycles. The van der Waals surface area contributed by atoms with Crippen molar-refractivity contribution < 1.29 is 4.39 Å². The zero-order chi connectivity index (χ0) is 14.8. The third-order valence-corrected chi connectivity index (χ3v) is 5.35. The third-order valence-electron chi connectivity index (χ3n) is 3.87. The van der Waals surface area contributed by atoms with Crippen molar-refractivity contribution in [2.75, 3.05) is 13.1 Å². The minimum Gasteiger partial charge on any atom is -0.316 e. The highest BCUT2D eigenvalue weighted by Crippen LogP contribution is 2.39. The van der Waals surface area contributed by atoms with Crippen LogP contribution in [0.2, 0.25) is 5.02 Å². The Morgan fingerprint density at radius 3 is 3.10 bits per heavy atom. The van der Waals surface area contributed by atoms with Gasteiger partial charge in [0.2, 0.25) is 0 Å². The van der Waals surface area contributed by atoms with Gasteiger partial charge in [-0.05, 0) is 44.0 Å². The highest BCUT2D eigenvalue weighted by molar-refractivity contribution is 7.15. The molecular weight excluding hydrogens is 307 g/mol. The van der Waals surface area contributed by atoms with Crippen molar-refractivity contribution in [2.24, 2.45) is 0 Å². The van der Waals surface area contributed by atoms with Gasteiger partial charge >= 0.3 is 0 Å². The van der Waals surface area contributed by atoms with Crippen LogP contribution in [-0.4, -0.2) is 18.1 Å². The summed E-state index contributed by atoms with van der Waals surface area (Å²) in [5, 5.41) is 4.76. The Balaban J connectivity index is 1.94. The van der Waals surface area contributed by atoms with E-state index in [0.717, 1.165) is 30.1 Å². The maximum absolute atomic E-state index is 13.2. The Morgan fingerprint density at radius 1 is 1.48 bits per heavy atom. The largest absolute Gasteiger partial charge is 0.316 e. The number of likely N-dealkylation sites (N-methyl/N-ethyl adjacent to an activating group) is 1. The van der Waals surface area contributed by atoms with Crippen molar-refractivity contribution in [2.45, 2.75) is 32.1 Å². The van der Waals surface area contributed by atoms with Gasteiger partial charge in [0.25, 0.3) is 0 Å². The second kappa shape index (κ2) is 6.42. The van der Waals surface area contributed by atoms with E-state index in [0.29, 0.717) is 10.9 Å². The van der Waals surface area contributed by atoms with E-state index in [1.54, 1.807) is 17.4 Å². The molecule has 0 spiro atoms. The number of aryl methyl sites for hydroxylation is 1. The normalized spacial score (nSPS) is 17.8. The van der Waals surface area contributed by atoms with Crippen LogP contribution >= 0.6 is 22.9 Å². The molecule has 0 aliphatic heterocycles. The second-order valence-corrected chi connectivity index (χ2v) is 6.84. The van der Waals surface area contributed by atoms with Gasteiger partial charge in [-0.3, -0.25) is 0 Å². The summed E-state index contributed by atoms with van der Waals surface area (Å²) in [6.45, 7) is 4.07. The summed E-state index contributed by atoms with van der Waals surface area (Å²) >= 11 is 7.86. The molecule has 1 aromatic heterocycles. The van der Waals surface area contributed by atoms with Crippen molar-refractivity contribution in [3.63, 3.8) is 0 Å². The van der Waals surface area contributed by atoms with Gasteiger partial charge in [0.05, 0.1) is 10.7 Å². The SMILES string of the molecule is CCNCC1CCCc2sc(-c3ccc(F)cc3Cl)nc21. The third kappa shape index (κ3) is 3.12. The average Bonchev–Trinajstić information content (AvgIpc) is 2.89. The molecule has 1 unspecified atom stereocenters. The number of fused-ring (bicyclic) bond motifs is 1. The maximum atomic E-state index is 13.2. The van der Waals surface area contributed by atoms with Crippen LogP contribution in [0.4, 0.5) is 4.39 Å². The first-order chi connectivity index (χ1) is 10.2. The van der Waals surface area contributed by atoms with Gasteiger partial charge in [-0.25, -0.2) is 9.37 Å². The summed E-state index contributed by atoms with van der Waals surface area (Å²) < 4.78 is 13.2. The maximum Gasteiger partial charge on any atom is 0.125 e. The van der Waals surface area contributed by atoms with Gasteiger partial charge in [0.1, 0.15) is 10.8 Å². The van der Waals surface area contributed by atoms with E-state index >= 15 is 0 Å². The predicted octanol–water partition coefficient (Wildman–Crippen LogP) is 4.63. The van der Waals surface area contributed by atoms with E-state index in [1.165, 1.54) is 35.5 Å². The molecule has 5 heteroatoms. The molecule has 2 nitrogen and oxygen atoms in total. The summed E-state index contributed by atoms with van der Waals surface area (Å²) in [5.74, 6) is 0.174. The van der Waals surface area contributed by atoms with E-state index < -0.39 is 0 Å². The lowest BCUT2D eigenvalue weighted by Crippen LogP contribution is -2.23. The van der Waals surface area contributed by atoms with Crippen LogP contribution in [0.1, 0.15) is 36.3 Å². The molecule has 0 amide bonds. The molecule has 0 bridgehead atoms. The van der Waals surface area contributed by atoms with Gasteiger partial charge < -0.3 is 5.32 Å². The van der Waals surface area contributed by atoms with E-state index in [1.807, 2.05) is 0 Å². The molecule has 1 atom stereocenters. The topological polar surface area (TPSA) is 24.9 Å². The fraction of sp³-hybridized carbons (Fsp3) is 0.438. The minimum absolute atomic E-state index is 0.310. The predicted molar refractivity (Wildman–Crippen MR) is 86.7 cm³/mol. The second-order valence-electron chi connectivity index (χ2n) is 5.35. The minimum atomic E-state index is -0.310. The Hall–Kier alpha value is -0.970. The highest BCUT2D eigenvalue weighted by atomic mass is 35.5. The number of thiazole rings is 1. The smallest absolute Gasteiger partial charge is 0.125 e. The van der Waals surface area contributed by atoms with Crippen molar-refractivity contribution in [1.29, 1.82) is 0 Å². The Labute approximate surface area is 133 Å². The van der Waals surface area contributed by atoms with Crippen LogP contribution < -0.4 is 5.32 Å². The Morgan fingerprint density at radius 2 is 2.33 bits per heavy atom. The van der Waals surface area contributed by atoms with Crippen LogP contribution in [0.5, 0.6) is 0 Å². The summed E-state index contributed by atoms with van der Waals surface area (Å²) in [7, 11) is 0. The number of nitrogens with zero attached hydrogens (tertiary/aromatic N) is 1. The highest BCUT2D eigenvalue weighted by Gasteiger charge is 2.25. The van der Waals surface area contributed by atoms with Gasteiger partial charge in [-0.1, -0.05) is 18.5 Å². The van der Waals surface area contributed by atoms with Crippen molar-refractivity contribution >= 4 is 22.9 Å². The average molecular weight is 325 g/mol. The lowest BCUT2D eigenvalue weighted by molar-refractivity contribution is 0.509. The summed E-state index contributed by atoms with van der Waals surface area (Å²) in [6, 6.07) is 4.52. The monoisotopic (exact) mass is 324 g/mol. The van der Waals surface area contributed by atoms with E-state index in [4.69, 9.17) is 16.6 Å². The lowest BCUT2D eigenvalue weighted by Gasteiger charge is -2.21. The quantitative estimate of drug-likeness (QED) is 0.886. The Bertz CT molecular complexity index is 641. The molecule has 1 aromatic carbocycles. The zero-order valence-electron chi connectivity index (χ0n) is 12.0. The van der Waals surface area contributed by atoms with Crippen LogP contribution in [0.3, 0.4) is 0 Å². The molecule has 3 rings (SSSR count). The number of rotatable bonds is 4. The fourth-order valence-corrected chi connectivity index (χ4v) is 4.34. The molecule has 1 N–H and O–H groups in total. The van der Waals surface area contributed by atoms with Gasteiger partial charge in [0, 0.05) is 22.9 Å². The van der Waals surface area contributed by atoms with Crippen LogP contribution in [0.15, 0.2) is 18.2 Å². The summed E-state index contributed by atoms with van der Waals surface area (Å²) in [6.07, 6.45) is 3.48. The molecule has 0 saturated carbocycles. The lowest BCUT2D eigenvalue weighted by atomic mass is 9.91. The van der Waals surface area contributed by atoms with Gasteiger partial charge in [-0.15, -0.1) is 11.3 Å². The number of aromatic nitrogens is 1. The van der Waals surface area contributed by atoms with Crippen LogP contribution in [0, 0.1) is 5.82 Å². The van der Waals surface area contributed by atoms with Crippen molar-refractivity contribution in [1.82, 2.24) is 10.3 Å². The molecule has 21 heavy (non-hydrogen) atoms. The molecule has 1 heterocycles. The molecular formula is C16H18ClFN2S. The molecule has 0 fully saturated rings. The zero-order valence-corrected chi connectivity index (χ0v) is 13.5. The van der Waals surface area contributed by atoms with Gasteiger partial charge in [0.15, 0.2) is 0 Å². The number of hydrogen-bond donors (Lipinski definition) is 1. The van der Waals surface area contributed by atoms with E-state index in [-0.39, 0.29) is 5.82 Å². The first-order valence-corrected chi connectivity index (χ1v) is 8.54. The van der Waals surface area contributed by atoms with Crippen molar-refractivity contribution in [3.05, 3.63) is 39.6 Å². The number of nitrogens with one attached hydrogen (secondary N) is 1. The fourth-order valence-electron chi connectivity index (χ4n) is 2.80. The molecule has 2 aromatic rings. The Kier molecular flexibility index (Phi) is 4.57. The van der Waals surface area contributed by atoms with E-state index in [9.17, 15) is 4.39 Å².